The number of hydrogen-bond acceptors (Lipinski definition) is 2. The van der Waals surface area contributed by atoms with Crippen LogP contribution in [0.5, 0.6) is 0 Å². The van der Waals surface area contributed by atoms with E-state index in [1.165, 1.54) is 0 Å². The van der Waals surface area contributed by atoms with E-state index in [9.17, 15) is 0 Å². The van der Waals surface area contributed by atoms with Gasteiger partial charge in [0.25, 0.3) is 0 Å². The first-order valence-electron chi connectivity index (χ1n) is 4.96. The molecule has 0 aliphatic rings. The van der Waals surface area contributed by atoms with Crippen LogP contribution in [0.25, 0.3) is 11.3 Å². The molecule has 0 unspecified atom stereocenters. The molecule has 5 heteroatoms. The molecule has 88 valence electrons. The Balaban J connectivity index is 2.73. The van der Waals surface area contributed by atoms with E-state index in [2.05, 4.69) is 9.97 Å². The third kappa shape index (κ3) is 2.39. The number of aryl methyl sites for hydroxylation is 1. The van der Waals surface area contributed by atoms with E-state index < -0.39 is 0 Å². The van der Waals surface area contributed by atoms with E-state index in [4.69, 9.17) is 34.8 Å². The first kappa shape index (κ1) is 12.6. The first-order chi connectivity index (χ1) is 8.00. The van der Waals surface area contributed by atoms with Crippen LogP contribution in [-0.2, 0) is 0 Å². The van der Waals surface area contributed by atoms with Gasteiger partial charge in [0, 0.05) is 11.1 Å². The molecule has 1 aromatic heterocycles. The van der Waals surface area contributed by atoms with Crippen molar-refractivity contribution in [3.63, 3.8) is 0 Å². The van der Waals surface area contributed by atoms with Crippen LogP contribution in [0.1, 0.15) is 11.4 Å². The molecule has 2 aromatic rings. The Labute approximate surface area is 115 Å². The summed E-state index contributed by atoms with van der Waals surface area (Å²) in [7, 11) is 0. The van der Waals surface area contributed by atoms with Crippen LogP contribution >= 0.6 is 34.8 Å². The Hall–Kier alpha value is -0.830. The summed E-state index contributed by atoms with van der Waals surface area (Å²) in [5, 5.41) is 1.41. The number of nitrogens with zero attached hydrogens (tertiary/aromatic N) is 2. The Morgan fingerprint density at radius 3 is 2.41 bits per heavy atom. The minimum Gasteiger partial charge on any atom is -0.233 e. The van der Waals surface area contributed by atoms with Crippen molar-refractivity contribution < 1.29 is 0 Å². The van der Waals surface area contributed by atoms with E-state index in [0.717, 1.165) is 16.8 Å². The highest BCUT2D eigenvalue weighted by Crippen LogP contribution is 2.35. The van der Waals surface area contributed by atoms with Crippen LogP contribution in [0.15, 0.2) is 18.2 Å². The second kappa shape index (κ2) is 4.81. The van der Waals surface area contributed by atoms with Gasteiger partial charge in [-0.2, -0.15) is 0 Å². The molecule has 0 aliphatic carbocycles. The monoisotopic (exact) mass is 286 g/mol. The normalized spacial score (nSPS) is 10.6. The summed E-state index contributed by atoms with van der Waals surface area (Å²) in [4.78, 5) is 8.46. The van der Waals surface area contributed by atoms with Gasteiger partial charge in [-0.25, -0.2) is 9.97 Å². The second-order valence-corrected chi connectivity index (χ2v) is 4.78. The van der Waals surface area contributed by atoms with Crippen molar-refractivity contribution in [1.29, 1.82) is 0 Å². The molecule has 0 aliphatic heterocycles. The van der Waals surface area contributed by atoms with Crippen LogP contribution in [0.3, 0.4) is 0 Å². The zero-order valence-electron chi connectivity index (χ0n) is 9.26. The minimum atomic E-state index is 0.434. The summed E-state index contributed by atoms with van der Waals surface area (Å²) in [5.74, 6) is 0.603. The SMILES string of the molecule is Cc1nc(Cl)c(C)c(-c2cccc(Cl)c2Cl)n1. The molecule has 0 saturated heterocycles. The topological polar surface area (TPSA) is 25.8 Å². The molecular weight excluding hydrogens is 279 g/mol. The first-order valence-corrected chi connectivity index (χ1v) is 6.09. The molecule has 2 rings (SSSR count). The molecule has 0 radical (unpaired) electrons. The summed E-state index contributed by atoms with van der Waals surface area (Å²) in [6.45, 7) is 3.64. The van der Waals surface area contributed by atoms with Crippen LogP contribution in [0.4, 0.5) is 0 Å². The minimum absolute atomic E-state index is 0.434. The number of rotatable bonds is 1. The van der Waals surface area contributed by atoms with Crippen molar-refractivity contribution in [3.8, 4) is 11.3 Å². The molecule has 0 spiro atoms. The predicted molar refractivity (Wildman–Crippen MR) is 72.0 cm³/mol. The lowest BCUT2D eigenvalue weighted by Crippen LogP contribution is -1.97. The summed E-state index contributed by atoms with van der Waals surface area (Å²) in [6.07, 6.45) is 0. The fraction of sp³-hybridized carbons (Fsp3) is 0.167. The second-order valence-electron chi connectivity index (χ2n) is 3.64. The van der Waals surface area contributed by atoms with E-state index in [1.54, 1.807) is 13.0 Å². The van der Waals surface area contributed by atoms with Crippen molar-refractivity contribution in [2.75, 3.05) is 0 Å². The average Bonchev–Trinajstić information content (AvgIpc) is 2.27. The summed E-state index contributed by atoms with van der Waals surface area (Å²) >= 11 is 18.2. The van der Waals surface area contributed by atoms with Gasteiger partial charge in [-0.1, -0.05) is 46.9 Å². The Kier molecular flexibility index (Phi) is 3.57. The van der Waals surface area contributed by atoms with E-state index in [-0.39, 0.29) is 0 Å². The van der Waals surface area contributed by atoms with Gasteiger partial charge in [0.05, 0.1) is 15.7 Å². The lowest BCUT2D eigenvalue weighted by Gasteiger charge is -2.10. The summed E-state index contributed by atoms with van der Waals surface area (Å²) in [6, 6.07) is 5.42. The van der Waals surface area contributed by atoms with Gasteiger partial charge in [-0.3, -0.25) is 0 Å². The van der Waals surface area contributed by atoms with Gasteiger partial charge in [0.1, 0.15) is 11.0 Å². The number of hydrogen-bond donors (Lipinski definition) is 0. The molecule has 0 N–H and O–H groups in total. The Morgan fingerprint density at radius 2 is 1.71 bits per heavy atom. The fourth-order valence-electron chi connectivity index (χ4n) is 1.54. The molecule has 1 heterocycles. The molecule has 0 bridgehead atoms. The lowest BCUT2D eigenvalue weighted by molar-refractivity contribution is 1.04. The highest BCUT2D eigenvalue weighted by Gasteiger charge is 2.13. The van der Waals surface area contributed by atoms with E-state index >= 15 is 0 Å². The van der Waals surface area contributed by atoms with Gasteiger partial charge < -0.3 is 0 Å². The Bertz CT molecular complexity index is 582. The van der Waals surface area contributed by atoms with Crippen molar-refractivity contribution in [1.82, 2.24) is 9.97 Å². The standard InChI is InChI=1S/C12H9Cl3N2/c1-6-11(16-7(2)17-12(6)15)8-4-3-5-9(13)10(8)14/h3-5H,1-2H3. The number of halogens is 3. The predicted octanol–water partition coefficient (Wildman–Crippen LogP) is 4.72. The molecular formula is C12H9Cl3N2. The average molecular weight is 288 g/mol. The van der Waals surface area contributed by atoms with Crippen LogP contribution in [0.2, 0.25) is 15.2 Å². The third-order valence-corrected chi connectivity index (χ3v) is 3.59. The van der Waals surface area contributed by atoms with Crippen molar-refractivity contribution >= 4 is 34.8 Å². The molecule has 2 nitrogen and oxygen atoms in total. The van der Waals surface area contributed by atoms with E-state index in [1.807, 2.05) is 19.1 Å². The maximum atomic E-state index is 6.17. The molecule has 0 atom stereocenters. The number of benzene rings is 1. The van der Waals surface area contributed by atoms with Gasteiger partial charge in [-0.15, -0.1) is 0 Å². The summed E-state index contributed by atoms with van der Waals surface area (Å²) < 4.78 is 0. The van der Waals surface area contributed by atoms with Crippen LogP contribution in [-0.4, -0.2) is 9.97 Å². The quantitative estimate of drug-likeness (QED) is 0.709. The molecule has 0 amide bonds. The zero-order valence-corrected chi connectivity index (χ0v) is 11.5. The molecule has 1 aromatic carbocycles. The highest BCUT2D eigenvalue weighted by molar-refractivity contribution is 6.43. The van der Waals surface area contributed by atoms with Gasteiger partial charge >= 0.3 is 0 Å². The van der Waals surface area contributed by atoms with Gasteiger partial charge in [0.2, 0.25) is 0 Å². The lowest BCUT2D eigenvalue weighted by atomic mass is 10.1. The van der Waals surface area contributed by atoms with Gasteiger partial charge in [0.15, 0.2) is 0 Å². The Morgan fingerprint density at radius 1 is 1.00 bits per heavy atom. The van der Waals surface area contributed by atoms with Crippen molar-refractivity contribution in [3.05, 3.63) is 44.8 Å². The number of aromatic nitrogens is 2. The molecule has 0 fully saturated rings. The molecule has 17 heavy (non-hydrogen) atoms. The fourth-order valence-corrected chi connectivity index (χ4v) is 2.15. The van der Waals surface area contributed by atoms with Crippen molar-refractivity contribution in [2.45, 2.75) is 13.8 Å². The summed E-state index contributed by atoms with van der Waals surface area (Å²) in [5.41, 5.74) is 2.28. The van der Waals surface area contributed by atoms with E-state index in [0.29, 0.717) is 21.0 Å². The van der Waals surface area contributed by atoms with Crippen LogP contribution < -0.4 is 0 Å². The highest BCUT2D eigenvalue weighted by atomic mass is 35.5. The third-order valence-electron chi connectivity index (χ3n) is 2.40. The van der Waals surface area contributed by atoms with Crippen molar-refractivity contribution in [2.24, 2.45) is 0 Å². The largest absolute Gasteiger partial charge is 0.233 e. The van der Waals surface area contributed by atoms with Gasteiger partial charge in [-0.05, 0) is 19.9 Å². The van der Waals surface area contributed by atoms with Crippen LogP contribution in [0, 0.1) is 13.8 Å². The maximum Gasteiger partial charge on any atom is 0.136 e. The smallest absolute Gasteiger partial charge is 0.136 e. The maximum absolute atomic E-state index is 6.17. The zero-order chi connectivity index (χ0) is 12.6. The molecule has 0 saturated carbocycles.